The van der Waals surface area contributed by atoms with Crippen molar-refractivity contribution in [3.05, 3.63) is 54.1 Å². The van der Waals surface area contributed by atoms with Crippen LogP contribution in [-0.2, 0) is 0 Å². The summed E-state index contributed by atoms with van der Waals surface area (Å²) in [7, 11) is 0. The summed E-state index contributed by atoms with van der Waals surface area (Å²) in [5, 5.41) is 0.879. The molecule has 0 spiro atoms. The van der Waals surface area contributed by atoms with Crippen LogP contribution in [-0.4, -0.2) is 22.1 Å². The average Bonchev–Trinajstić information content (AvgIpc) is 2.94. The molecule has 0 N–H and O–H groups in total. The van der Waals surface area contributed by atoms with Crippen molar-refractivity contribution in [2.45, 2.75) is 23.8 Å². The number of para-hydroxylation sites is 2. The minimum atomic E-state index is 0.0995. The summed E-state index contributed by atoms with van der Waals surface area (Å²) in [6.07, 6.45) is 0.478. The van der Waals surface area contributed by atoms with Crippen LogP contribution in [0.5, 0.6) is 5.75 Å². The molecule has 0 amide bonds. The summed E-state index contributed by atoms with van der Waals surface area (Å²) < 4.78 is 7.22. The third-order valence-electron chi connectivity index (χ3n) is 3.95. The van der Waals surface area contributed by atoms with E-state index in [9.17, 15) is 4.79 Å². The number of thioether (sulfide) groups is 1. The molecular weight excluding hydrogens is 308 g/mol. The standard InChI is InChI=1S/C18H16N2O2S/c1-2-22-13-9-7-12(8-10-13)16-11-17(21)20-15-6-4-3-5-14(15)19-18(20)23-16/h3-10,16H,2,11H2,1H3/t16-/m0/s1. The van der Waals surface area contributed by atoms with Gasteiger partial charge in [0.1, 0.15) is 5.75 Å². The highest BCUT2D eigenvalue weighted by atomic mass is 32.2. The van der Waals surface area contributed by atoms with Crippen molar-refractivity contribution in [3.63, 3.8) is 0 Å². The fourth-order valence-corrected chi connectivity index (χ4v) is 4.10. The number of fused-ring (bicyclic) bond motifs is 3. The summed E-state index contributed by atoms with van der Waals surface area (Å²) in [4.78, 5) is 17.2. The Morgan fingerprint density at radius 3 is 2.78 bits per heavy atom. The highest BCUT2D eigenvalue weighted by Gasteiger charge is 2.29. The van der Waals surface area contributed by atoms with E-state index in [2.05, 4.69) is 4.98 Å². The Hall–Kier alpha value is -2.27. The van der Waals surface area contributed by atoms with E-state index in [1.165, 1.54) is 0 Å². The van der Waals surface area contributed by atoms with Gasteiger partial charge < -0.3 is 4.74 Å². The van der Waals surface area contributed by atoms with Crippen molar-refractivity contribution in [2.75, 3.05) is 6.61 Å². The second kappa shape index (κ2) is 5.74. The Morgan fingerprint density at radius 1 is 1.22 bits per heavy atom. The molecule has 3 aromatic rings. The largest absolute Gasteiger partial charge is 0.494 e. The van der Waals surface area contributed by atoms with Gasteiger partial charge in [0.15, 0.2) is 5.16 Å². The normalized spacial score (nSPS) is 17.3. The summed E-state index contributed by atoms with van der Waals surface area (Å²) in [5.74, 6) is 0.960. The van der Waals surface area contributed by atoms with Crippen LogP contribution in [0.2, 0.25) is 0 Å². The minimum absolute atomic E-state index is 0.0995. The lowest BCUT2D eigenvalue weighted by Crippen LogP contribution is -2.19. The summed E-state index contributed by atoms with van der Waals surface area (Å²) in [5.41, 5.74) is 2.89. The first-order chi connectivity index (χ1) is 11.3. The summed E-state index contributed by atoms with van der Waals surface area (Å²) in [6, 6.07) is 15.8. The second-order valence-electron chi connectivity index (χ2n) is 5.42. The second-order valence-corrected chi connectivity index (χ2v) is 6.59. The van der Waals surface area contributed by atoms with E-state index in [1.807, 2.05) is 55.5 Å². The third kappa shape index (κ3) is 2.51. The SMILES string of the molecule is CCOc1ccc([C@@H]2CC(=O)n3c(nc4ccccc43)S2)cc1. The van der Waals surface area contributed by atoms with E-state index in [0.29, 0.717) is 13.0 Å². The molecule has 0 bridgehead atoms. The van der Waals surface area contributed by atoms with E-state index >= 15 is 0 Å². The molecule has 1 aromatic heterocycles. The molecule has 4 nitrogen and oxygen atoms in total. The van der Waals surface area contributed by atoms with Crippen LogP contribution in [0.3, 0.4) is 0 Å². The molecule has 0 radical (unpaired) electrons. The quantitative estimate of drug-likeness (QED) is 0.720. The van der Waals surface area contributed by atoms with Gasteiger partial charge in [-0.2, -0.15) is 0 Å². The molecule has 0 fully saturated rings. The van der Waals surface area contributed by atoms with Crippen molar-refractivity contribution < 1.29 is 9.53 Å². The van der Waals surface area contributed by atoms with Gasteiger partial charge in [0, 0.05) is 11.7 Å². The number of carbonyl (C=O) groups is 1. The van der Waals surface area contributed by atoms with E-state index < -0.39 is 0 Å². The van der Waals surface area contributed by atoms with Crippen LogP contribution in [0, 0.1) is 0 Å². The fourth-order valence-electron chi connectivity index (χ4n) is 2.87. The molecule has 1 aliphatic rings. The molecule has 4 rings (SSSR count). The van der Waals surface area contributed by atoms with Gasteiger partial charge in [-0.1, -0.05) is 36.0 Å². The van der Waals surface area contributed by atoms with E-state index in [1.54, 1.807) is 16.3 Å². The van der Waals surface area contributed by atoms with Crippen LogP contribution >= 0.6 is 11.8 Å². The third-order valence-corrected chi connectivity index (χ3v) is 5.16. The van der Waals surface area contributed by atoms with Gasteiger partial charge in [-0.25, -0.2) is 4.98 Å². The Kier molecular flexibility index (Phi) is 3.58. The molecule has 1 atom stereocenters. The zero-order valence-corrected chi connectivity index (χ0v) is 13.5. The van der Waals surface area contributed by atoms with E-state index in [4.69, 9.17) is 4.74 Å². The highest BCUT2D eigenvalue weighted by molar-refractivity contribution is 7.99. The van der Waals surface area contributed by atoms with Crippen molar-refractivity contribution >= 4 is 28.7 Å². The number of hydrogen-bond donors (Lipinski definition) is 0. The number of hydrogen-bond acceptors (Lipinski definition) is 4. The molecule has 0 aliphatic carbocycles. The van der Waals surface area contributed by atoms with Gasteiger partial charge >= 0.3 is 0 Å². The minimum Gasteiger partial charge on any atom is -0.494 e. The van der Waals surface area contributed by atoms with Crippen molar-refractivity contribution in [1.82, 2.24) is 9.55 Å². The maximum absolute atomic E-state index is 12.6. The zero-order chi connectivity index (χ0) is 15.8. The Balaban J connectivity index is 1.67. The van der Waals surface area contributed by atoms with Crippen LogP contribution in [0.1, 0.15) is 29.0 Å². The van der Waals surface area contributed by atoms with Gasteiger partial charge in [0.2, 0.25) is 5.91 Å². The molecular formula is C18H16N2O2S. The van der Waals surface area contributed by atoms with Crippen LogP contribution in [0.25, 0.3) is 11.0 Å². The molecule has 1 aliphatic heterocycles. The van der Waals surface area contributed by atoms with Crippen LogP contribution in [0.4, 0.5) is 0 Å². The zero-order valence-electron chi connectivity index (χ0n) is 12.7. The van der Waals surface area contributed by atoms with Crippen molar-refractivity contribution in [3.8, 4) is 5.75 Å². The summed E-state index contributed by atoms with van der Waals surface area (Å²) in [6.45, 7) is 2.62. The number of aromatic nitrogens is 2. The van der Waals surface area contributed by atoms with Gasteiger partial charge in [0.25, 0.3) is 0 Å². The molecule has 5 heteroatoms. The van der Waals surface area contributed by atoms with Gasteiger partial charge in [-0.15, -0.1) is 0 Å². The highest BCUT2D eigenvalue weighted by Crippen LogP contribution is 2.43. The molecule has 0 unspecified atom stereocenters. The number of ether oxygens (including phenoxy) is 1. The predicted octanol–water partition coefficient (Wildman–Crippen LogP) is 4.31. The summed E-state index contributed by atoms with van der Waals surface area (Å²) >= 11 is 1.65. The average molecular weight is 324 g/mol. The Bertz CT molecular complexity index is 870. The number of nitrogens with zero attached hydrogens (tertiary/aromatic N) is 2. The molecule has 0 saturated heterocycles. The first kappa shape index (κ1) is 14.3. The Morgan fingerprint density at radius 2 is 2.00 bits per heavy atom. The van der Waals surface area contributed by atoms with E-state index in [-0.39, 0.29) is 11.2 Å². The number of benzene rings is 2. The van der Waals surface area contributed by atoms with Crippen molar-refractivity contribution in [2.24, 2.45) is 0 Å². The van der Waals surface area contributed by atoms with Gasteiger partial charge in [-0.3, -0.25) is 9.36 Å². The maximum Gasteiger partial charge on any atom is 0.234 e. The molecule has 2 aromatic carbocycles. The molecule has 116 valence electrons. The Labute approximate surface area is 138 Å². The monoisotopic (exact) mass is 324 g/mol. The lowest BCUT2D eigenvalue weighted by Gasteiger charge is -2.22. The number of rotatable bonds is 3. The van der Waals surface area contributed by atoms with Gasteiger partial charge in [0.05, 0.1) is 17.6 Å². The first-order valence-electron chi connectivity index (χ1n) is 7.66. The first-order valence-corrected chi connectivity index (χ1v) is 8.54. The van der Waals surface area contributed by atoms with Crippen LogP contribution in [0.15, 0.2) is 53.7 Å². The maximum atomic E-state index is 12.6. The predicted molar refractivity (Wildman–Crippen MR) is 91.2 cm³/mol. The number of imidazole rings is 1. The topological polar surface area (TPSA) is 44.1 Å². The van der Waals surface area contributed by atoms with Crippen molar-refractivity contribution in [1.29, 1.82) is 0 Å². The van der Waals surface area contributed by atoms with E-state index in [0.717, 1.165) is 27.5 Å². The van der Waals surface area contributed by atoms with Gasteiger partial charge in [-0.05, 0) is 36.8 Å². The molecule has 23 heavy (non-hydrogen) atoms. The molecule has 2 heterocycles. The smallest absolute Gasteiger partial charge is 0.234 e. The fraction of sp³-hybridized carbons (Fsp3) is 0.222. The lowest BCUT2D eigenvalue weighted by molar-refractivity contribution is 0.0891. The van der Waals surface area contributed by atoms with Crippen LogP contribution < -0.4 is 4.74 Å². The molecule has 0 saturated carbocycles. The lowest BCUT2D eigenvalue weighted by atomic mass is 10.1. The number of carbonyl (C=O) groups excluding carboxylic acids is 1.